The number of ether oxygens (including phenoxy) is 1. The van der Waals surface area contributed by atoms with Gasteiger partial charge in [-0.2, -0.15) is 0 Å². The first-order valence-corrected chi connectivity index (χ1v) is 8.28. The Morgan fingerprint density at radius 1 is 1.40 bits per heavy atom. The van der Waals surface area contributed by atoms with Gasteiger partial charge in [0.1, 0.15) is 5.75 Å². The number of carbonyl (C=O) groups is 3. The Balaban J connectivity index is 1.94. The number of carboxylic acid groups (broad SMARTS) is 1. The molecule has 0 saturated carbocycles. The molecule has 1 aromatic carbocycles. The summed E-state index contributed by atoms with van der Waals surface area (Å²) < 4.78 is 5.25. The first-order chi connectivity index (χ1) is 11.9. The average Bonchev–Trinajstić information content (AvgIpc) is 2.60. The number of likely N-dealkylation sites (tertiary alicyclic amines) is 1. The van der Waals surface area contributed by atoms with Gasteiger partial charge in [0.05, 0.1) is 13.0 Å². The third kappa shape index (κ3) is 4.95. The summed E-state index contributed by atoms with van der Waals surface area (Å²) in [4.78, 5) is 37.1. The molecule has 1 saturated heterocycles. The van der Waals surface area contributed by atoms with Gasteiger partial charge in [-0.15, -0.1) is 0 Å². The summed E-state index contributed by atoms with van der Waals surface area (Å²) in [5.41, 5.74) is 0.779. The van der Waals surface area contributed by atoms with Gasteiger partial charge in [-0.3, -0.25) is 14.4 Å². The zero-order valence-electron chi connectivity index (χ0n) is 14.5. The smallest absolute Gasteiger partial charge is 0.308 e. The normalized spacial score (nSPS) is 18.6. The van der Waals surface area contributed by atoms with Crippen molar-refractivity contribution in [2.75, 3.05) is 27.2 Å². The topological polar surface area (TPSA) is 95.9 Å². The lowest BCUT2D eigenvalue weighted by molar-refractivity contribution is -0.142. The van der Waals surface area contributed by atoms with Crippen molar-refractivity contribution in [3.63, 3.8) is 0 Å². The maximum Gasteiger partial charge on any atom is 0.308 e. The molecular weight excluding hydrogens is 324 g/mol. The molecule has 0 spiro atoms. The first-order valence-electron chi connectivity index (χ1n) is 8.28. The van der Waals surface area contributed by atoms with Crippen molar-refractivity contribution in [1.29, 1.82) is 0 Å². The lowest BCUT2D eigenvalue weighted by Gasteiger charge is -2.28. The quantitative estimate of drug-likeness (QED) is 0.764. The highest BCUT2D eigenvalue weighted by molar-refractivity contribution is 5.87. The molecule has 0 aromatic heterocycles. The van der Waals surface area contributed by atoms with Gasteiger partial charge >= 0.3 is 5.97 Å². The Bertz CT molecular complexity index is 646. The van der Waals surface area contributed by atoms with E-state index in [1.807, 2.05) is 18.2 Å². The second-order valence-corrected chi connectivity index (χ2v) is 6.30. The Morgan fingerprint density at radius 3 is 2.76 bits per heavy atom. The Morgan fingerprint density at radius 2 is 2.12 bits per heavy atom. The Hall–Kier alpha value is -2.57. The van der Waals surface area contributed by atoms with E-state index in [2.05, 4.69) is 5.32 Å². The van der Waals surface area contributed by atoms with E-state index in [0.29, 0.717) is 18.7 Å². The monoisotopic (exact) mass is 348 g/mol. The molecule has 1 heterocycles. The zero-order chi connectivity index (χ0) is 18.4. The van der Waals surface area contributed by atoms with E-state index in [4.69, 9.17) is 4.74 Å². The van der Waals surface area contributed by atoms with E-state index in [0.717, 1.165) is 5.56 Å². The van der Waals surface area contributed by atoms with Crippen molar-refractivity contribution < 1.29 is 24.2 Å². The van der Waals surface area contributed by atoms with Crippen molar-refractivity contribution in [3.8, 4) is 5.75 Å². The van der Waals surface area contributed by atoms with Gasteiger partial charge in [0.15, 0.2) is 0 Å². The van der Waals surface area contributed by atoms with E-state index >= 15 is 0 Å². The second kappa shape index (κ2) is 8.50. The van der Waals surface area contributed by atoms with Crippen LogP contribution in [0.25, 0.3) is 0 Å². The molecule has 2 rings (SSSR count). The standard InChI is InChI=1S/C18H24N2O5/c1-20-8-7-13(10-16(20)21)17(22)19-11-14(18(23)24)9-12-5-3-4-6-15(12)25-2/h3-6,13-14H,7-11H2,1-2H3,(H,19,22)(H,23,24). The summed E-state index contributed by atoms with van der Waals surface area (Å²) in [7, 11) is 3.25. The largest absolute Gasteiger partial charge is 0.496 e. The maximum absolute atomic E-state index is 12.3. The van der Waals surface area contributed by atoms with Gasteiger partial charge in [-0.1, -0.05) is 18.2 Å². The van der Waals surface area contributed by atoms with Crippen LogP contribution >= 0.6 is 0 Å². The van der Waals surface area contributed by atoms with Gasteiger partial charge < -0.3 is 20.1 Å². The minimum Gasteiger partial charge on any atom is -0.496 e. The van der Waals surface area contributed by atoms with Crippen LogP contribution in [0.1, 0.15) is 18.4 Å². The van der Waals surface area contributed by atoms with Crippen LogP contribution in [0.4, 0.5) is 0 Å². The molecule has 2 amide bonds. The van der Waals surface area contributed by atoms with Crippen molar-refractivity contribution in [2.24, 2.45) is 11.8 Å². The number of nitrogens with zero attached hydrogens (tertiary/aromatic N) is 1. The van der Waals surface area contributed by atoms with Crippen LogP contribution in [-0.4, -0.2) is 55.0 Å². The third-order valence-corrected chi connectivity index (χ3v) is 4.56. The molecule has 1 fully saturated rings. The SMILES string of the molecule is COc1ccccc1CC(CNC(=O)C1CCN(C)C(=O)C1)C(=O)O. The minimum atomic E-state index is -0.981. The zero-order valence-corrected chi connectivity index (χ0v) is 14.5. The van der Waals surface area contributed by atoms with Crippen molar-refractivity contribution in [2.45, 2.75) is 19.3 Å². The number of amides is 2. The van der Waals surface area contributed by atoms with Crippen LogP contribution in [0.5, 0.6) is 5.75 Å². The molecule has 2 atom stereocenters. The highest BCUT2D eigenvalue weighted by Gasteiger charge is 2.29. The fourth-order valence-electron chi connectivity index (χ4n) is 2.92. The van der Waals surface area contributed by atoms with E-state index in [-0.39, 0.29) is 37.1 Å². The van der Waals surface area contributed by atoms with E-state index in [1.165, 1.54) is 7.11 Å². The molecule has 0 bridgehead atoms. The van der Waals surface area contributed by atoms with E-state index in [1.54, 1.807) is 18.0 Å². The average molecular weight is 348 g/mol. The Kier molecular flexibility index (Phi) is 6.38. The number of methoxy groups -OCH3 is 1. The highest BCUT2D eigenvalue weighted by atomic mass is 16.5. The summed E-state index contributed by atoms with van der Waals surface area (Å²) in [6, 6.07) is 7.22. The summed E-state index contributed by atoms with van der Waals surface area (Å²) in [5, 5.41) is 12.1. The number of hydrogen-bond donors (Lipinski definition) is 2. The Labute approximate surface area is 147 Å². The van der Waals surface area contributed by atoms with Crippen molar-refractivity contribution in [1.82, 2.24) is 10.2 Å². The van der Waals surface area contributed by atoms with E-state index in [9.17, 15) is 19.5 Å². The van der Waals surface area contributed by atoms with Crippen LogP contribution in [-0.2, 0) is 20.8 Å². The summed E-state index contributed by atoms with van der Waals surface area (Å²) in [6.07, 6.45) is 1.02. The summed E-state index contributed by atoms with van der Waals surface area (Å²) >= 11 is 0. The van der Waals surface area contributed by atoms with Crippen LogP contribution in [0.2, 0.25) is 0 Å². The number of carbonyl (C=O) groups excluding carboxylic acids is 2. The molecule has 1 aromatic rings. The molecule has 136 valence electrons. The van der Waals surface area contributed by atoms with Gasteiger partial charge in [-0.05, 0) is 24.5 Å². The molecular formula is C18H24N2O5. The lowest BCUT2D eigenvalue weighted by Crippen LogP contribution is -2.43. The van der Waals surface area contributed by atoms with Gasteiger partial charge in [0.2, 0.25) is 11.8 Å². The molecule has 1 aliphatic heterocycles. The first kappa shape index (κ1) is 18.8. The number of carboxylic acids is 1. The molecule has 2 unspecified atom stereocenters. The molecule has 1 aliphatic rings. The maximum atomic E-state index is 12.3. The molecule has 7 nitrogen and oxygen atoms in total. The number of rotatable bonds is 7. The minimum absolute atomic E-state index is 0.0206. The van der Waals surface area contributed by atoms with Gasteiger partial charge in [0, 0.05) is 32.5 Å². The molecule has 0 aliphatic carbocycles. The lowest BCUT2D eigenvalue weighted by atomic mass is 9.94. The van der Waals surface area contributed by atoms with Crippen molar-refractivity contribution >= 4 is 17.8 Å². The molecule has 25 heavy (non-hydrogen) atoms. The number of hydrogen-bond acceptors (Lipinski definition) is 4. The molecule has 2 N–H and O–H groups in total. The van der Waals surface area contributed by atoms with Crippen LogP contribution in [0.15, 0.2) is 24.3 Å². The number of para-hydroxylation sites is 1. The fraction of sp³-hybridized carbons (Fsp3) is 0.500. The van der Waals surface area contributed by atoms with Crippen molar-refractivity contribution in [3.05, 3.63) is 29.8 Å². The summed E-state index contributed by atoms with van der Waals surface area (Å²) in [6.45, 7) is 0.563. The number of piperidine rings is 1. The second-order valence-electron chi connectivity index (χ2n) is 6.30. The molecule has 0 radical (unpaired) electrons. The summed E-state index contributed by atoms with van der Waals surface area (Å²) in [5.74, 6) is -1.82. The number of nitrogens with one attached hydrogen (secondary N) is 1. The van der Waals surface area contributed by atoms with Crippen LogP contribution in [0, 0.1) is 11.8 Å². The fourth-order valence-corrected chi connectivity index (χ4v) is 2.92. The van der Waals surface area contributed by atoms with Crippen LogP contribution < -0.4 is 10.1 Å². The number of aliphatic carboxylic acids is 1. The van der Waals surface area contributed by atoms with Gasteiger partial charge in [-0.25, -0.2) is 0 Å². The predicted molar refractivity (Wildman–Crippen MR) is 91.2 cm³/mol. The predicted octanol–water partition coefficient (Wildman–Crippen LogP) is 0.923. The van der Waals surface area contributed by atoms with Crippen LogP contribution in [0.3, 0.4) is 0 Å². The third-order valence-electron chi connectivity index (χ3n) is 4.56. The molecule has 7 heteroatoms. The number of benzene rings is 1. The van der Waals surface area contributed by atoms with Gasteiger partial charge in [0.25, 0.3) is 0 Å². The highest BCUT2D eigenvalue weighted by Crippen LogP contribution is 2.21. The van der Waals surface area contributed by atoms with E-state index < -0.39 is 11.9 Å².